The molecule has 1 atom stereocenters. The summed E-state index contributed by atoms with van der Waals surface area (Å²) in [6.45, 7) is 3.38. The summed E-state index contributed by atoms with van der Waals surface area (Å²) in [5.41, 5.74) is 2.50. The molecular formula is C25H31ClN4O5. The molecular weight excluding hydrogens is 472 g/mol. The largest absolute Gasteiger partial charge is 0.493 e. The number of fused-ring (bicyclic) bond motifs is 1. The highest BCUT2D eigenvalue weighted by Gasteiger charge is 2.16. The SMILES string of the molecule is CNCCOC(CCCC(=O)O)COc1cc2ncnc(Nc3ccc(Cl)c(C)c3)c2cc1OC. The molecule has 2 aromatic carbocycles. The molecule has 0 aliphatic carbocycles. The molecule has 1 unspecified atom stereocenters. The van der Waals surface area contributed by atoms with E-state index in [-0.39, 0.29) is 19.1 Å². The third-order valence-electron chi connectivity index (χ3n) is 5.39. The van der Waals surface area contributed by atoms with Gasteiger partial charge in [0.05, 0.1) is 25.3 Å². The van der Waals surface area contributed by atoms with Crippen molar-refractivity contribution in [2.45, 2.75) is 32.3 Å². The normalized spacial score (nSPS) is 11.9. The van der Waals surface area contributed by atoms with Crippen molar-refractivity contribution in [3.05, 3.63) is 47.2 Å². The Hall–Kier alpha value is -3.14. The first-order chi connectivity index (χ1) is 16.9. The van der Waals surface area contributed by atoms with Crippen molar-refractivity contribution in [1.29, 1.82) is 0 Å². The molecule has 0 aliphatic rings. The lowest BCUT2D eigenvalue weighted by Gasteiger charge is -2.20. The van der Waals surface area contributed by atoms with E-state index >= 15 is 0 Å². The van der Waals surface area contributed by atoms with E-state index in [4.69, 9.17) is 30.9 Å². The maximum Gasteiger partial charge on any atom is 0.303 e. The maximum atomic E-state index is 10.9. The fourth-order valence-corrected chi connectivity index (χ4v) is 3.62. The zero-order valence-electron chi connectivity index (χ0n) is 20.1. The summed E-state index contributed by atoms with van der Waals surface area (Å²) in [7, 11) is 3.42. The zero-order chi connectivity index (χ0) is 25.2. The van der Waals surface area contributed by atoms with Crippen LogP contribution in [0.15, 0.2) is 36.7 Å². The molecule has 3 aromatic rings. The molecule has 0 saturated carbocycles. The number of nitrogens with zero attached hydrogens (tertiary/aromatic N) is 2. The Bertz CT molecular complexity index is 1140. The minimum absolute atomic E-state index is 0.0883. The van der Waals surface area contributed by atoms with Crippen molar-refractivity contribution in [2.24, 2.45) is 0 Å². The first kappa shape index (κ1) is 26.5. The molecule has 0 radical (unpaired) electrons. The Morgan fingerprint density at radius 3 is 2.74 bits per heavy atom. The van der Waals surface area contributed by atoms with Crippen LogP contribution in [-0.2, 0) is 9.53 Å². The van der Waals surface area contributed by atoms with Crippen LogP contribution in [0.5, 0.6) is 11.5 Å². The molecule has 0 spiro atoms. The number of benzene rings is 2. The van der Waals surface area contributed by atoms with E-state index in [0.717, 1.165) is 16.6 Å². The van der Waals surface area contributed by atoms with Gasteiger partial charge in [0.2, 0.25) is 0 Å². The standard InChI is InChI=1S/C25H31ClN4O5/c1-16-11-17(7-8-20(16)26)30-25-19-12-22(33-3)23(13-21(19)28-15-29-25)35-14-18(34-10-9-27-2)5-4-6-24(31)32/h7-8,11-13,15,18,27H,4-6,9-10,14H2,1-3H3,(H,31,32)(H,28,29,30). The van der Waals surface area contributed by atoms with Gasteiger partial charge < -0.3 is 30.0 Å². The quantitative estimate of drug-likeness (QED) is 0.272. The number of likely N-dealkylation sites (N-methyl/N-ethyl adjacent to an activating group) is 1. The third-order valence-corrected chi connectivity index (χ3v) is 5.81. The van der Waals surface area contributed by atoms with Gasteiger partial charge in [-0.05, 0) is 56.6 Å². The lowest BCUT2D eigenvalue weighted by Crippen LogP contribution is -2.26. The highest BCUT2D eigenvalue weighted by atomic mass is 35.5. The van der Waals surface area contributed by atoms with Crippen molar-refractivity contribution in [3.8, 4) is 11.5 Å². The molecule has 0 bridgehead atoms. The molecule has 1 aromatic heterocycles. The second kappa shape index (κ2) is 13.1. The van der Waals surface area contributed by atoms with Gasteiger partial charge in [-0.1, -0.05) is 11.6 Å². The molecule has 3 N–H and O–H groups in total. The number of hydrogen-bond acceptors (Lipinski definition) is 8. The first-order valence-electron chi connectivity index (χ1n) is 11.4. The number of anilines is 2. The van der Waals surface area contributed by atoms with Crippen LogP contribution in [0, 0.1) is 6.92 Å². The fraction of sp³-hybridized carbons (Fsp3) is 0.400. The van der Waals surface area contributed by atoms with E-state index in [9.17, 15) is 4.79 Å². The molecule has 0 aliphatic heterocycles. The number of carbonyl (C=O) groups is 1. The van der Waals surface area contributed by atoms with Gasteiger partial charge in [-0.25, -0.2) is 9.97 Å². The van der Waals surface area contributed by atoms with Crippen LogP contribution in [0.1, 0.15) is 24.8 Å². The fourth-order valence-electron chi connectivity index (χ4n) is 3.50. The van der Waals surface area contributed by atoms with Crippen molar-refractivity contribution in [2.75, 3.05) is 39.2 Å². The van der Waals surface area contributed by atoms with Gasteiger partial charge >= 0.3 is 5.97 Å². The van der Waals surface area contributed by atoms with E-state index in [2.05, 4.69) is 20.6 Å². The Morgan fingerprint density at radius 2 is 2.03 bits per heavy atom. The average Bonchev–Trinajstić information content (AvgIpc) is 2.84. The van der Waals surface area contributed by atoms with E-state index in [0.29, 0.717) is 53.8 Å². The van der Waals surface area contributed by atoms with E-state index in [1.54, 1.807) is 13.2 Å². The number of rotatable bonds is 14. The minimum atomic E-state index is -0.825. The molecule has 10 heteroatoms. The lowest BCUT2D eigenvalue weighted by atomic mass is 10.1. The van der Waals surface area contributed by atoms with Crippen LogP contribution >= 0.6 is 11.6 Å². The second-order valence-corrected chi connectivity index (χ2v) is 8.43. The van der Waals surface area contributed by atoms with Crippen LogP contribution < -0.4 is 20.1 Å². The predicted molar refractivity (Wildman–Crippen MR) is 136 cm³/mol. The highest BCUT2D eigenvalue weighted by Crippen LogP contribution is 2.35. The summed E-state index contributed by atoms with van der Waals surface area (Å²) < 4.78 is 17.5. The Kier molecular flexibility index (Phi) is 9.89. The van der Waals surface area contributed by atoms with Crippen molar-refractivity contribution in [3.63, 3.8) is 0 Å². The van der Waals surface area contributed by atoms with Gasteiger partial charge in [0.1, 0.15) is 18.8 Å². The molecule has 0 fully saturated rings. The van der Waals surface area contributed by atoms with Gasteiger partial charge in [0, 0.05) is 35.1 Å². The Labute approximate surface area is 209 Å². The van der Waals surface area contributed by atoms with Gasteiger partial charge in [0.15, 0.2) is 11.5 Å². The van der Waals surface area contributed by atoms with Gasteiger partial charge in [-0.2, -0.15) is 0 Å². The van der Waals surface area contributed by atoms with Gasteiger partial charge in [0.25, 0.3) is 0 Å². The van der Waals surface area contributed by atoms with Crippen LogP contribution in [0.2, 0.25) is 5.02 Å². The van der Waals surface area contributed by atoms with Crippen LogP contribution in [-0.4, -0.2) is 61.1 Å². The number of nitrogens with one attached hydrogen (secondary N) is 2. The summed E-state index contributed by atoms with van der Waals surface area (Å²) in [4.78, 5) is 19.7. The molecule has 3 rings (SSSR count). The van der Waals surface area contributed by atoms with Crippen molar-refractivity contribution < 1.29 is 24.1 Å². The number of aromatic nitrogens is 2. The molecule has 1 heterocycles. The number of aryl methyl sites for hydroxylation is 1. The first-order valence-corrected chi connectivity index (χ1v) is 11.8. The van der Waals surface area contributed by atoms with Crippen LogP contribution in [0.3, 0.4) is 0 Å². The third kappa shape index (κ3) is 7.68. The molecule has 35 heavy (non-hydrogen) atoms. The summed E-state index contributed by atoms with van der Waals surface area (Å²) in [6.07, 6.45) is 2.40. The smallest absolute Gasteiger partial charge is 0.303 e. The zero-order valence-corrected chi connectivity index (χ0v) is 20.9. The van der Waals surface area contributed by atoms with E-state index in [1.165, 1.54) is 6.33 Å². The summed E-state index contributed by atoms with van der Waals surface area (Å²) >= 11 is 6.14. The number of ether oxygens (including phenoxy) is 3. The monoisotopic (exact) mass is 502 g/mol. The van der Waals surface area contributed by atoms with Gasteiger partial charge in [-0.3, -0.25) is 4.79 Å². The summed E-state index contributed by atoms with van der Waals surface area (Å²) in [5, 5.41) is 16.8. The topological polar surface area (TPSA) is 115 Å². The Morgan fingerprint density at radius 1 is 1.20 bits per heavy atom. The summed E-state index contributed by atoms with van der Waals surface area (Å²) in [6, 6.07) is 9.30. The number of carboxylic acids is 1. The number of aliphatic carboxylic acids is 1. The number of hydrogen-bond donors (Lipinski definition) is 3. The highest BCUT2D eigenvalue weighted by molar-refractivity contribution is 6.31. The van der Waals surface area contributed by atoms with Crippen molar-refractivity contribution in [1.82, 2.24) is 15.3 Å². The average molecular weight is 503 g/mol. The van der Waals surface area contributed by atoms with Crippen LogP contribution in [0.4, 0.5) is 11.5 Å². The number of halogens is 1. The molecule has 0 amide bonds. The maximum absolute atomic E-state index is 10.9. The second-order valence-electron chi connectivity index (χ2n) is 8.02. The number of methoxy groups -OCH3 is 1. The van der Waals surface area contributed by atoms with Gasteiger partial charge in [-0.15, -0.1) is 0 Å². The number of carboxylic acid groups (broad SMARTS) is 1. The van der Waals surface area contributed by atoms with Crippen LogP contribution in [0.25, 0.3) is 10.9 Å². The predicted octanol–water partition coefficient (Wildman–Crippen LogP) is 4.58. The Balaban J connectivity index is 1.78. The summed E-state index contributed by atoms with van der Waals surface area (Å²) in [5.74, 6) is 0.854. The van der Waals surface area contributed by atoms with E-state index in [1.807, 2.05) is 38.2 Å². The molecule has 9 nitrogen and oxygen atoms in total. The lowest BCUT2D eigenvalue weighted by molar-refractivity contribution is -0.137. The van der Waals surface area contributed by atoms with Crippen molar-refractivity contribution >= 4 is 40.0 Å². The van der Waals surface area contributed by atoms with E-state index < -0.39 is 5.97 Å². The molecule has 188 valence electrons. The molecule has 0 saturated heterocycles. The minimum Gasteiger partial charge on any atom is -0.493 e.